The number of ether oxygens (including phenoxy) is 1. The molecule has 0 saturated carbocycles. The van der Waals surface area contributed by atoms with Gasteiger partial charge in [0.15, 0.2) is 0 Å². The first-order valence-corrected chi connectivity index (χ1v) is 7.15. The Kier molecular flexibility index (Phi) is 2.93. The van der Waals surface area contributed by atoms with Crippen LogP contribution < -0.4 is 5.32 Å². The lowest BCUT2D eigenvalue weighted by atomic mass is 9.83. The van der Waals surface area contributed by atoms with Gasteiger partial charge in [-0.3, -0.25) is 9.48 Å². The smallest absolute Gasteiger partial charge is 0.337 e. The summed E-state index contributed by atoms with van der Waals surface area (Å²) in [6, 6.07) is 0. The Labute approximate surface area is 123 Å². The van der Waals surface area contributed by atoms with E-state index in [1.807, 2.05) is 24.7 Å². The van der Waals surface area contributed by atoms with E-state index in [-0.39, 0.29) is 24.2 Å². The lowest BCUT2D eigenvalue weighted by Gasteiger charge is -2.26. The molecule has 6 nitrogen and oxygen atoms in total. The monoisotopic (exact) mass is 289 g/mol. The molecule has 6 heteroatoms. The van der Waals surface area contributed by atoms with Crippen molar-refractivity contribution in [1.29, 1.82) is 0 Å². The first-order valence-electron chi connectivity index (χ1n) is 7.15. The van der Waals surface area contributed by atoms with Crippen molar-refractivity contribution in [2.24, 2.45) is 0 Å². The molecule has 2 aliphatic heterocycles. The fourth-order valence-corrected chi connectivity index (χ4v) is 3.08. The van der Waals surface area contributed by atoms with E-state index in [0.717, 1.165) is 17.8 Å². The van der Waals surface area contributed by atoms with E-state index in [1.54, 1.807) is 13.8 Å². The zero-order chi connectivity index (χ0) is 15.4. The van der Waals surface area contributed by atoms with E-state index in [9.17, 15) is 9.59 Å². The van der Waals surface area contributed by atoms with Crippen molar-refractivity contribution >= 4 is 11.9 Å². The number of amides is 1. The highest BCUT2D eigenvalue weighted by atomic mass is 16.6. The van der Waals surface area contributed by atoms with Crippen molar-refractivity contribution in [2.45, 2.75) is 52.2 Å². The lowest BCUT2D eigenvalue weighted by Crippen LogP contribution is -2.38. The third-order valence-corrected chi connectivity index (χ3v) is 4.13. The summed E-state index contributed by atoms with van der Waals surface area (Å²) >= 11 is 0. The molecule has 1 aromatic rings. The summed E-state index contributed by atoms with van der Waals surface area (Å²) in [6.45, 7) is 8.24. The van der Waals surface area contributed by atoms with Gasteiger partial charge in [-0.25, -0.2) is 4.79 Å². The van der Waals surface area contributed by atoms with Crippen LogP contribution in [0, 0.1) is 6.92 Å². The summed E-state index contributed by atoms with van der Waals surface area (Å²) in [7, 11) is 0. The summed E-state index contributed by atoms with van der Waals surface area (Å²) in [5, 5.41) is 7.22. The van der Waals surface area contributed by atoms with Crippen molar-refractivity contribution in [3.05, 3.63) is 28.7 Å². The number of rotatable bonds is 2. The first kappa shape index (κ1) is 13.9. The Morgan fingerprint density at radius 3 is 2.81 bits per heavy atom. The van der Waals surface area contributed by atoms with E-state index < -0.39 is 5.60 Å². The van der Waals surface area contributed by atoms with E-state index in [4.69, 9.17) is 4.74 Å². The van der Waals surface area contributed by atoms with E-state index >= 15 is 0 Å². The van der Waals surface area contributed by atoms with Crippen molar-refractivity contribution in [1.82, 2.24) is 15.1 Å². The molecular weight excluding hydrogens is 270 g/mol. The molecule has 0 fully saturated rings. The predicted molar refractivity (Wildman–Crippen MR) is 75.3 cm³/mol. The standard InChI is InChI=1S/C15H19N3O3/c1-5-18-7-10(8(2)17-18)9-6-11(19)16-13-12(9)14(20)21-15(13,3)4/h7,9H,5-6H2,1-4H3,(H,16,19)/t9-/m0/s1. The first-order chi connectivity index (χ1) is 9.83. The number of carbonyl (C=O) groups excluding carboxylic acids is 2. The highest BCUT2D eigenvalue weighted by molar-refractivity contribution is 5.99. The highest BCUT2D eigenvalue weighted by Gasteiger charge is 2.48. The third kappa shape index (κ3) is 2.05. The van der Waals surface area contributed by atoms with Gasteiger partial charge in [0.1, 0.15) is 5.60 Å². The SMILES string of the molecule is CCn1cc([C@@H]2CC(=O)NC3=C2C(=O)OC3(C)C)c(C)n1. The number of hydrogen-bond acceptors (Lipinski definition) is 4. The van der Waals surface area contributed by atoms with Crippen molar-refractivity contribution in [3.8, 4) is 0 Å². The Morgan fingerprint density at radius 1 is 1.48 bits per heavy atom. The normalized spacial score (nSPS) is 23.9. The number of cyclic esters (lactones) is 1. The van der Waals surface area contributed by atoms with Gasteiger partial charge in [0.25, 0.3) is 0 Å². The minimum atomic E-state index is -0.782. The topological polar surface area (TPSA) is 73.2 Å². The molecule has 21 heavy (non-hydrogen) atoms. The Balaban J connectivity index is 2.13. The molecule has 0 aliphatic carbocycles. The number of carbonyl (C=O) groups is 2. The van der Waals surface area contributed by atoms with E-state index in [2.05, 4.69) is 10.4 Å². The molecule has 0 radical (unpaired) electrons. The average molecular weight is 289 g/mol. The zero-order valence-corrected chi connectivity index (χ0v) is 12.7. The fourth-order valence-electron chi connectivity index (χ4n) is 3.08. The Hall–Kier alpha value is -2.11. The number of nitrogens with zero attached hydrogens (tertiary/aromatic N) is 2. The number of esters is 1. The summed E-state index contributed by atoms with van der Waals surface area (Å²) in [6.07, 6.45) is 2.17. The van der Waals surface area contributed by atoms with Crippen LogP contribution in [-0.2, 0) is 20.9 Å². The van der Waals surface area contributed by atoms with Crippen LogP contribution in [0.5, 0.6) is 0 Å². The molecular formula is C15H19N3O3. The quantitative estimate of drug-likeness (QED) is 0.835. The number of nitrogens with one attached hydrogen (secondary N) is 1. The zero-order valence-electron chi connectivity index (χ0n) is 12.7. The average Bonchev–Trinajstić information content (AvgIpc) is 2.87. The molecule has 1 aromatic heterocycles. The highest BCUT2D eigenvalue weighted by Crippen LogP contribution is 2.43. The summed E-state index contributed by atoms with van der Waals surface area (Å²) in [4.78, 5) is 24.3. The second-order valence-electron chi connectivity index (χ2n) is 6.02. The van der Waals surface area contributed by atoms with Crippen LogP contribution in [0.15, 0.2) is 17.5 Å². The van der Waals surface area contributed by atoms with Crippen LogP contribution in [0.4, 0.5) is 0 Å². The minimum Gasteiger partial charge on any atom is -0.450 e. The molecule has 2 aliphatic rings. The van der Waals surface area contributed by atoms with Gasteiger partial charge < -0.3 is 10.1 Å². The molecule has 0 unspecified atom stereocenters. The largest absolute Gasteiger partial charge is 0.450 e. The van der Waals surface area contributed by atoms with Gasteiger partial charge in [0.2, 0.25) is 5.91 Å². The van der Waals surface area contributed by atoms with Crippen LogP contribution in [0.3, 0.4) is 0 Å². The van der Waals surface area contributed by atoms with Crippen LogP contribution in [0.1, 0.15) is 44.4 Å². The second kappa shape index (κ2) is 4.44. The Morgan fingerprint density at radius 2 is 2.19 bits per heavy atom. The molecule has 1 N–H and O–H groups in total. The summed E-state index contributed by atoms with van der Waals surface area (Å²) < 4.78 is 7.24. The van der Waals surface area contributed by atoms with Gasteiger partial charge >= 0.3 is 5.97 Å². The maximum atomic E-state index is 12.2. The minimum absolute atomic E-state index is 0.0891. The molecule has 0 saturated heterocycles. The predicted octanol–water partition coefficient (Wildman–Crippen LogP) is 1.40. The van der Waals surface area contributed by atoms with Gasteiger partial charge in [-0.05, 0) is 27.7 Å². The van der Waals surface area contributed by atoms with Crippen LogP contribution in [0.2, 0.25) is 0 Å². The van der Waals surface area contributed by atoms with Gasteiger partial charge in [-0.15, -0.1) is 0 Å². The maximum Gasteiger partial charge on any atom is 0.337 e. The maximum absolute atomic E-state index is 12.2. The number of hydrogen-bond donors (Lipinski definition) is 1. The van der Waals surface area contributed by atoms with Crippen LogP contribution in [0.25, 0.3) is 0 Å². The third-order valence-electron chi connectivity index (χ3n) is 4.13. The Bertz CT molecular complexity index is 670. The number of aromatic nitrogens is 2. The molecule has 112 valence electrons. The molecule has 0 aromatic carbocycles. The molecule has 0 bridgehead atoms. The fraction of sp³-hybridized carbons (Fsp3) is 0.533. The summed E-state index contributed by atoms with van der Waals surface area (Å²) in [5.41, 5.74) is 2.15. The molecule has 1 atom stereocenters. The van der Waals surface area contributed by atoms with Gasteiger partial charge in [-0.2, -0.15) is 5.10 Å². The summed E-state index contributed by atoms with van der Waals surface area (Å²) in [5.74, 6) is -0.708. The van der Waals surface area contributed by atoms with Crippen LogP contribution >= 0.6 is 0 Å². The van der Waals surface area contributed by atoms with Gasteiger partial charge in [0, 0.05) is 30.6 Å². The molecule has 0 spiro atoms. The number of aryl methyl sites for hydroxylation is 2. The van der Waals surface area contributed by atoms with E-state index in [1.165, 1.54) is 0 Å². The van der Waals surface area contributed by atoms with Crippen molar-refractivity contribution in [3.63, 3.8) is 0 Å². The molecule has 3 heterocycles. The second-order valence-corrected chi connectivity index (χ2v) is 6.02. The van der Waals surface area contributed by atoms with Crippen LogP contribution in [-0.4, -0.2) is 27.3 Å². The van der Waals surface area contributed by atoms with Gasteiger partial charge in [-0.1, -0.05) is 0 Å². The van der Waals surface area contributed by atoms with E-state index in [0.29, 0.717) is 11.3 Å². The van der Waals surface area contributed by atoms with Crippen molar-refractivity contribution < 1.29 is 14.3 Å². The lowest BCUT2D eigenvalue weighted by molar-refractivity contribution is -0.144. The van der Waals surface area contributed by atoms with Crippen molar-refractivity contribution in [2.75, 3.05) is 0 Å². The van der Waals surface area contributed by atoms with Gasteiger partial charge in [0.05, 0.1) is 17.0 Å². The molecule has 1 amide bonds. The molecule has 3 rings (SSSR count).